The molecule has 1 amide bonds. The molecule has 0 aliphatic carbocycles. The van der Waals surface area contributed by atoms with Gasteiger partial charge in [-0.3, -0.25) is 4.79 Å². The van der Waals surface area contributed by atoms with E-state index in [1.165, 1.54) is 17.9 Å². The van der Waals surface area contributed by atoms with Crippen LogP contribution in [0.4, 0.5) is 33.2 Å². The second kappa shape index (κ2) is 10.8. The van der Waals surface area contributed by atoms with Crippen molar-refractivity contribution in [2.75, 3.05) is 60.9 Å². The topological polar surface area (TPSA) is 123 Å². The number of rotatable bonds is 7. The number of hydrogen-bond donors (Lipinski definition) is 2. The predicted molar refractivity (Wildman–Crippen MR) is 153 cm³/mol. The predicted octanol–water partition coefficient (Wildman–Crippen LogP) is 3.53. The Labute approximate surface area is 235 Å². The highest BCUT2D eigenvalue weighted by Crippen LogP contribution is 2.38. The van der Waals surface area contributed by atoms with Crippen LogP contribution in [0.2, 0.25) is 0 Å². The number of morpholine rings is 1. The lowest BCUT2D eigenvalue weighted by atomic mass is 10.0. The number of anilines is 5. The molecule has 0 radical (unpaired) electrons. The van der Waals surface area contributed by atoms with E-state index in [9.17, 15) is 4.79 Å². The van der Waals surface area contributed by atoms with Crippen LogP contribution in [0.5, 0.6) is 5.88 Å². The number of pyridine rings is 1. The molecule has 1 fully saturated rings. The number of hydrogen-bond acceptors (Lipinski definition) is 10. The number of methoxy groups -OCH3 is 1. The van der Waals surface area contributed by atoms with Crippen molar-refractivity contribution in [2.24, 2.45) is 0 Å². The smallest absolute Gasteiger partial charge is 0.247 e. The summed E-state index contributed by atoms with van der Waals surface area (Å²) in [6, 6.07) is 9.62. The van der Waals surface area contributed by atoms with Gasteiger partial charge in [0.05, 0.1) is 37.9 Å². The zero-order chi connectivity index (χ0) is 28.5. The molecule has 13 heteroatoms. The van der Waals surface area contributed by atoms with Gasteiger partial charge in [-0.2, -0.15) is 15.1 Å². The summed E-state index contributed by atoms with van der Waals surface area (Å²) in [5, 5.41) is 10.5. The maximum absolute atomic E-state index is 15.0. The van der Waals surface area contributed by atoms with E-state index in [-0.39, 0.29) is 17.6 Å². The first kappa shape index (κ1) is 26.2. The Hall–Kier alpha value is -5.04. The molecule has 3 aromatic heterocycles. The number of amides is 1. The first-order valence-corrected chi connectivity index (χ1v) is 13.0. The Morgan fingerprint density at radius 2 is 1.98 bits per heavy atom. The molecule has 5 heterocycles. The summed E-state index contributed by atoms with van der Waals surface area (Å²) >= 11 is 0. The summed E-state index contributed by atoms with van der Waals surface area (Å²) in [6.07, 6.45) is 4.03. The van der Waals surface area contributed by atoms with E-state index in [2.05, 4.69) is 42.2 Å². The zero-order valence-electron chi connectivity index (χ0n) is 22.6. The van der Waals surface area contributed by atoms with Crippen molar-refractivity contribution in [1.82, 2.24) is 24.7 Å². The van der Waals surface area contributed by atoms with Gasteiger partial charge in [0, 0.05) is 49.7 Å². The third kappa shape index (κ3) is 5.02. The molecule has 0 saturated carbocycles. The molecular formula is C28H28FN9O3. The summed E-state index contributed by atoms with van der Waals surface area (Å²) in [6.45, 7) is 6.42. The van der Waals surface area contributed by atoms with E-state index in [0.717, 1.165) is 28.7 Å². The van der Waals surface area contributed by atoms with Gasteiger partial charge in [0.25, 0.3) is 0 Å². The average molecular weight is 558 g/mol. The van der Waals surface area contributed by atoms with Gasteiger partial charge >= 0.3 is 0 Å². The van der Waals surface area contributed by atoms with Crippen LogP contribution in [0.15, 0.2) is 55.4 Å². The van der Waals surface area contributed by atoms with Gasteiger partial charge in [0.1, 0.15) is 5.69 Å². The Morgan fingerprint density at radius 3 is 2.76 bits per heavy atom. The molecule has 12 nitrogen and oxygen atoms in total. The number of nitrogens with zero attached hydrogens (tertiary/aromatic N) is 7. The Balaban J connectivity index is 1.36. The number of aromatic nitrogens is 5. The molecule has 0 unspecified atom stereocenters. The van der Waals surface area contributed by atoms with Gasteiger partial charge < -0.3 is 29.9 Å². The lowest BCUT2D eigenvalue weighted by Gasteiger charge is -2.30. The maximum atomic E-state index is 15.0. The van der Waals surface area contributed by atoms with E-state index < -0.39 is 11.7 Å². The van der Waals surface area contributed by atoms with Crippen molar-refractivity contribution in [3.8, 4) is 23.0 Å². The van der Waals surface area contributed by atoms with Gasteiger partial charge in [-0.15, -0.1) is 0 Å². The number of ether oxygens (including phenoxy) is 2. The van der Waals surface area contributed by atoms with Gasteiger partial charge in [0.2, 0.25) is 17.7 Å². The highest BCUT2D eigenvalue weighted by molar-refractivity contribution is 6.01. The fraction of sp³-hybridized carbons (Fsp3) is 0.250. The lowest BCUT2D eigenvalue weighted by molar-refractivity contribution is -0.111. The number of carbonyl (C=O) groups excluding carboxylic acids is 1. The van der Waals surface area contributed by atoms with E-state index in [1.807, 2.05) is 36.2 Å². The summed E-state index contributed by atoms with van der Waals surface area (Å²) in [5.74, 6) is -0.191. The zero-order valence-corrected chi connectivity index (χ0v) is 22.6. The second-order valence-corrected chi connectivity index (χ2v) is 9.52. The number of fused-ring (bicyclic) bond motifs is 3. The van der Waals surface area contributed by atoms with E-state index in [0.29, 0.717) is 50.0 Å². The Morgan fingerprint density at radius 1 is 1.17 bits per heavy atom. The molecule has 2 aliphatic rings. The summed E-state index contributed by atoms with van der Waals surface area (Å²) in [5.41, 5.74) is 4.55. The summed E-state index contributed by atoms with van der Waals surface area (Å²) in [7, 11) is 3.49. The van der Waals surface area contributed by atoms with Gasteiger partial charge in [-0.1, -0.05) is 24.8 Å². The van der Waals surface area contributed by atoms with Gasteiger partial charge in [-0.05, 0) is 18.2 Å². The van der Waals surface area contributed by atoms with E-state index in [4.69, 9.17) is 9.47 Å². The standard InChI is InChI=1S/C28H28FN9O3/c1-4-23(39)31-20-13-21(27(40-3)33-26(20)37-9-11-41-12-10-37)32-28-30-14-19(29)25(34-28)38-16-17-15-36(2)22-8-6-5-7-18(22)24(17)35-38/h4-8,13-14,16H,1,9-12,15H2,2-3H3,(H,31,39)(H,30,32,34). The fourth-order valence-electron chi connectivity index (χ4n) is 4.93. The van der Waals surface area contributed by atoms with Crippen LogP contribution in [0.1, 0.15) is 5.56 Å². The van der Waals surface area contributed by atoms with Crippen molar-refractivity contribution in [3.05, 3.63) is 66.8 Å². The minimum atomic E-state index is -0.635. The molecule has 2 aliphatic heterocycles. The Kier molecular flexibility index (Phi) is 6.93. The molecule has 1 saturated heterocycles. The number of carbonyl (C=O) groups is 1. The third-order valence-electron chi connectivity index (χ3n) is 6.87. The van der Waals surface area contributed by atoms with Crippen LogP contribution < -0.4 is 25.2 Å². The van der Waals surface area contributed by atoms with E-state index in [1.54, 1.807) is 12.3 Å². The minimum Gasteiger partial charge on any atom is -0.479 e. The van der Waals surface area contributed by atoms with Crippen LogP contribution in [-0.2, 0) is 16.1 Å². The third-order valence-corrected chi connectivity index (χ3v) is 6.87. The number of para-hydroxylation sites is 1. The van der Waals surface area contributed by atoms with Crippen LogP contribution in [-0.4, -0.2) is 71.1 Å². The van der Waals surface area contributed by atoms with Crippen molar-refractivity contribution < 1.29 is 18.7 Å². The first-order chi connectivity index (χ1) is 19.9. The molecule has 2 N–H and O–H groups in total. The SMILES string of the molecule is C=CC(=O)Nc1cc(Nc2ncc(F)c(-n3cc4c(n3)-c3ccccc3N(C)C4)n2)c(OC)nc1N1CCOCC1. The quantitative estimate of drug-likeness (QED) is 0.326. The molecule has 0 spiro atoms. The van der Waals surface area contributed by atoms with Crippen molar-refractivity contribution in [2.45, 2.75) is 6.54 Å². The molecule has 1 aromatic carbocycles. The molecule has 0 bridgehead atoms. The number of nitrogens with one attached hydrogen (secondary N) is 2. The highest BCUT2D eigenvalue weighted by Gasteiger charge is 2.25. The maximum Gasteiger partial charge on any atom is 0.247 e. The summed E-state index contributed by atoms with van der Waals surface area (Å²) < 4.78 is 27.5. The van der Waals surface area contributed by atoms with Crippen LogP contribution >= 0.6 is 0 Å². The number of benzene rings is 1. The first-order valence-electron chi connectivity index (χ1n) is 13.0. The Bertz CT molecular complexity index is 1630. The van der Waals surface area contributed by atoms with Crippen LogP contribution in [0.25, 0.3) is 17.1 Å². The molecule has 6 rings (SSSR count). The fourth-order valence-corrected chi connectivity index (χ4v) is 4.93. The van der Waals surface area contributed by atoms with Crippen molar-refractivity contribution in [1.29, 1.82) is 0 Å². The molecule has 210 valence electrons. The molecule has 0 atom stereocenters. The second-order valence-electron chi connectivity index (χ2n) is 9.52. The average Bonchev–Trinajstić information content (AvgIpc) is 3.42. The van der Waals surface area contributed by atoms with Crippen molar-refractivity contribution >= 4 is 34.7 Å². The lowest BCUT2D eigenvalue weighted by Crippen LogP contribution is -2.37. The van der Waals surface area contributed by atoms with Gasteiger partial charge in [0.15, 0.2) is 17.5 Å². The van der Waals surface area contributed by atoms with E-state index >= 15 is 4.39 Å². The largest absolute Gasteiger partial charge is 0.479 e. The normalized spacial score (nSPS) is 14.2. The van der Waals surface area contributed by atoms with Gasteiger partial charge in [-0.25, -0.2) is 14.1 Å². The van der Waals surface area contributed by atoms with Crippen molar-refractivity contribution in [3.63, 3.8) is 0 Å². The van der Waals surface area contributed by atoms with Crippen LogP contribution in [0.3, 0.4) is 0 Å². The van der Waals surface area contributed by atoms with Crippen LogP contribution in [0, 0.1) is 5.82 Å². The molecule has 41 heavy (non-hydrogen) atoms. The molecular weight excluding hydrogens is 529 g/mol. The minimum absolute atomic E-state index is 0.0194. The molecule has 4 aromatic rings. The monoisotopic (exact) mass is 557 g/mol. The number of halogens is 1. The summed E-state index contributed by atoms with van der Waals surface area (Å²) in [4.78, 5) is 29.5. The highest BCUT2D eigenvalue weighted by atomic mass is 19.1.